The number of rotatable bonds is 5. The molecule has 7 heteroatoms. The first kappa shape index (κ1) is 19.9. The summed E-state index contributed by atoms with van der Waals surface area (Å²) in [6.45, 7) is 3.08. The Bertz CT molecular complexity index is 896. The van der Waals surface area contributed by atoms with Crippen LogP contribution in [-0.2, 0) is 21.4 Å². The SMILES string of the molecule is Cc1ccc(CNC(=O)[C@H]2CCCN(S(=O)(=O)c3ccc(Cl)cc3)C2)cc1. The van der Waals surface area contributed by atoms with Gasteiger partial charge in [-0.3, -0.25) is 4.79 Å². The summed E-state index contributed by atoms with van der Waals surface area (Å²) >= 11 is 5.84. The smallest absolute Gasteiger partial charge is 0.243 e. The lowest BCUT2D eigenvalue weighted by molar-refractivity contribution is -0.126. The van der Waals surface area contributed by atoms with E-state index in [9.17, 15) is 13.2 Å². The van der Waals surface area contributed by atoms with Gasteiger partial charge in [-0.25, -0.2) is 8.42 Å². The summed E-state index contributed by atoms with van der Waals surface area (Å²) in [5.74, 6) is -0.446. The summed E-state index contributed by atoms with van der Waals surface area (Å²) in [7, 11) is -3.62. The van der Waals surface area contributed by atoms with E-state index in [0.29, 0.717) is 31.0 Å². The quantitative estimate of drug-likeness (QED) is 0.827. The molecule has 1 atom stereocenters. The third-order valence-electron chi connectivity index (χ3n) is 4.79. The third kappa shape index (κ3) is 4.89. The minimum absolute atomic E-state index is 0.105. The first-order valence-electron chi connectivity index (χ1n) is 8.95. The van der Waals surface area contributed by atoms with Gasteiger partial charge in [0.1, 0.15) is 0 Å². The Morgan fingerprint density at radius 1 is 1.15 bits per heavy atom. The Kier molecular flexibility index (Phi) is 6.19. The van der Waals surface area contributed by atoms with E-state index in [2.05, 4.69) is 5.32 Å². The summed E-state index contributed by atoms with van der Waals surface area (Å²) in [5, 5.41) is 3.42. The number of hydrogen-bond acceptors (Lipinski definition) is 3. The number of piperidine rings is 1. The van der Waals surface area contributed by atoms with Crippen LogP contribution >= 0.6 is 11.6 Å². The Labute approximate surface area is 165 Å². The molecular weight excluding hydrogens is 384 g/mol. The van der Waals surface area contributed by atoms with Gasteiger partial charge in [0.15, 0.2) is 0 Å². The number of aryl methyl sites for hydroxylation is 1. The van der Waals surface area contributed by atoms with Gasteiger partial charge in [-0.2, -0.15) is 4.31 Å². The molecule has 1 saturated heterocycles. The van der Waals surface area contributed by atoms with Crippen LogP contribution in [0.5, 0.6) is 0 Å². The van der Waals surface area contributed by atoms with E-state index < -0.39 is 10.0 Å². The van der Waals surface area contributed by atoms with E-state index >= 15 is 0 Å². The van der Waals surface area contributed by atoms with Crippen molar-refractivity contribution < 1.29 is 13.2 Å². The van der Waals surface area contributed by atoms with Crippen LogP contribution in [0.1, 0.15) is 24.0 Å². The number of benzene rings is 2. The van der Waals surface area contributed by atoms with Crippen molar-refractivity contribution in [2.24, 2.45) is 5.92 Å². The number of nitrogens with zero attached hydrogens (tertiary/aromatic N) is 1. The molecule has 0 unspecified atom stereocenters. The number of sulfonamides is 1. The maximum absolute atomic E-state index is 12.8. The first-order valence-corrected chi connectivity index (χ1v) is 10.8. The van der Waals surface area contributed by atoms with Crippen molar-refractivity contribution in [3.05, 3.63) is 64.7 Å². The Hall–Kier alpha value is -1.89. The van der Waals surface area contributed by atoms with Gasteiger partial charge in [0, 0.05) is 24.7 Å². The predicted octanol–water partition coefficient (Wildman–Crippen LogP) is 3.37. The van der Waals surface area contributed by atoms with E-state index in [-0.39, 0.29) is 23.3 Å². The lowest BCUT2D eigenvalue weighted by atomic mass is 9.98. The maximum Gasteiger partial charge on any atom is 0.243 e. The zero-order chi connectivity index (χ0) is 19.4. The van der Waals surface area contributed by atoms with E-state index in [4.69, 9.17) is 11.6 Å². The lowest BCUT2D eigenvalue weighted by Crippen LogP contribution is -2.45. The second-order valence-electron chi connectivity index (χ2n) is 6.86. The van der Waals surface area contributed by atoms with Gasteiger partial charge < -0.3 is 5.32 Å². The van der Waals surface area contributed by atoms with Gasteiger partial charge in [0.2, 0.25) is 15.9 Å². The highest BCUT2D eigenvalue weighted by Crippen LogP contribution is 2.25. The molecule has 3 rings (SSSR count). The monoisotopic (exact) mass is 406 g/mol. The number of carbonyl (C=O) groups is 1. The molecule has 1 heterocycles. The minimum Gasteiger partial charge on any atom is -0.352 e. The van der Waals surface area contributed by atoms with Crippen molar-refractivity contribution in [2.45, 2.75) is 31.2 Å². The van der Waals surface area contributed by atoms with Gasteiger partial charge >= 0.3 is 0 Å². The number of halogens is 1. The van der Waals surface area contributed by atoms with E-state index in [1.54, 1.807) is 12.1 Å². The molecule has 1 aliphatic rings. The summed E-state index contributed by atoms with van der Waals surface area (Å²) in [6.07, 6.45) is 1.35. The van der Waals surface area contributed by atoms with Crippen LogP contribution in [0.2, 0.25) is 5.02 Å². The summed E-state index contributed by atoms with van der Waals surface area (Å²) in [5.41, 5.74) is 2.19. The van der Waals surface area contributed by atoms with Gasteiger partial charge in [-0.15, -0.1) is 0 Å². The third-order valence-corrected chi connectivity index (χ3v) is 6.93. The summed E-state index contributed by atoms with van der Waals surface area (Å²) in [6, 6.07) is 14.1. The Morgan fingerprint density at radius 3 is 2.48 bits per heavy atom. The van der Waals surface area contributed by atoms with Crippen molar-refractivity contribution >= 4 is 27.5 Å². The molecule has 0 radical (unpaired) electrons. The first-order chi connectivity index (χ1) is 12.9. The molecule has 0 saturated carbocycles. The zero-order valence-corrected chi connectivity index (χ0v) is 16.8. The van der Waals surface area contributed by atoms with E-state index in [1.807, 2.05) is 31.2 Å². The van der Waals surface area contributed by atoms with Crippen LogP contribution in [0.4, 0.5) is 0 Å². The molecule has 2 aromatic rings. The lowest BCUT2D eigenvalue weighted by Gasteiger charge is -2.31. The van der Waals surface area contributed by atoms with E-state index in [1.165, 1.54) is 22.0 Å². The Balaban J connectivity index is 1.63. The fourth-order valence-corrected chi connectivity index (χ4v) is 4.82. The molecular formula is C20H23ClN2O3S. The van der Waals surface area contributed by atoms with Crippen LogP contribution < -0.4 is 5.32 Å². The molecule has 144 valence electrons. The molecule has 2 aromatic carbocycles. The topological polar surface area (TPSA) is 66.5 Å². The van der Waals surface area contributed by atoms with Crippen LogP contribution in [-0.4, -0.2) is 31.7 Å². The molecule has 1 amide bonds. The molecule has 0 aromatic heterocycles. The van der Waals surface area contributed by atoms with Gasteiger partial charge in [-0.1, -0.05) is 41.4 Å². The van der Waals surface area contributed by atoms with Gasteiger partial charge in [0.05, 0.1) is 10.8 Å². The minimum atomic E-state index is -3.62. The number of carbonyl (C=O) groups excluding carboxylic acids is 1. The molecule has 1 N–H and O–H groups in total. The fourth-order valence-electron chi connectivity index (χ4n) is 3.17. The highest BCUT2D eigenvalue weighted by Gasteiger charge is 2.33. The highest BCUT2D eigenvalue weighted by molar-refractivity contribution is 7.89. The summed E-state index contributed by atoms with van der Waals surface area (Å²) in [4.78, 5) is 12.7. The van der Waals surface area contributed by atoms with Crippen LogP contribution in [0, 0.1) is 12.8 Å². The predicted molar refractivity (Wildman–Crippen MR) is 106 cm³/mol. The normalized spacial score (nSPS) is 18.2. The van der Waals surface area contributed by atoms with Gasteiger partial charge in [0.25, 0.3) is 0 Å². The molecule has 0 spiro atoms. The van der Waals surface area contributed by atoms with Crippen molar-refractivity contribution in [3.8, 4) is 0 Å². The van der Waals surface area contributed by atoms with E-state index in [0.717, 1.165) is 5.56 Å². The number of hydrogen-bond donors (Lipinski definition) is 1. The average Bonchev–Trinajstić information content (AvgIpc) is 2.68. The molecule has 27 heavy (non-hydrogen) atoms. The Morgan fingerprint density at radius 2 is 1.81 bits per heavy atom. The molecule has 0 aliphatic carbocycles. The van der Waals surface area contributed by atoms with Crippen LogP contribution in [0.15, 0.2) is 53.4 Å². The average molecular weight is 407 g/mol. The fraction of sp³-hybridized carbons (Fsp3) is 0.350. The van der Waals surface area contributed by atoms with Crippen molar-refractivity contribution in [2.75, 3.05) is 13.1 Å². The highest BCUT2D eigenvalue weighted by atomic mass is 35.5. The second-order valence-corrected chi connectivity index (χ2v) is 9.23. The summed E-state index contributed by atoms with van der Waals surface area (Å²) < 4.78 is 27.1. The van der Waals surface area contributed by atoms with Gasteiger partial charge in [-0.05, 0) is 49.6 Å². The second kappa shape index (κ2) is 8.42. The van der Waals surface area contributed by atoms with Crippen molar-refractivity contribution in [3.63, 3.8) is 0 Å². The largest absolute Gasteiger partial charge is 0.352 e. The number of nitrogens with one attached hydrogen (secondary N) is 1. The molecule has 0 bridgehead atoms. The number of amides is 1. The molecule has 5 nitrogen and oxygen atoms in total. The zero-order valence-electron chi connectivity index (χ0n) is 15.2. The maximum atomic E-state index is 12.8. The van der Waals surface area contributed by atoms with Crippen molar-refractivity contribution in [1.82, 2.24) is 9.62 Å². The standard InChI is InChI=1S/C20H23ClN2O3S/c1-15-4-6-16(7-5-15)13-22-20(24)17-3-2-12-23(14-17)27(25,26)19-10-8-18(21)9-11-19/h4-11,17H,2-3,12-14H2,1H3,(H,22,24)/t17-/m0/s1. The van der Waals surface area contributed by atoms with Crippen LogP contribution in [0.25, 0.3) is 0 Å². The molecule has 1 fully saturated rings. The van der Waals surface area contributed by atoms with Crippen molar-refractivity contribution in [1.29, 1.82) is 0 Å². The van der Waals surface area contributed by atoms with Crippen LogP contribution in [0.3, 0.4) is 0 Å². The molecule has 1 aliphatic heterocycles.